The van der Waals surface area contributed by atoms with Crippen molar-refractivity contribution in [2.45, 2.75) is 3.67 Å². The fourth-order valence-electron chi connectivity index (χ4n) is 0.449. The summed E-state index contributed by atoms with van der Waals surface area (Å²) in [5.74, 6) is 0. The Morgan fingerprint density at radius 2 is 1.57 bits per heavy atom. The maximum absolute atomic E-state index is 2.22. The Labute approximate surface area is 75.6 Å². The first kappa shape index (κ1) is 8.15. The summed E-state index contributed by atoms with van der Waals surface area (Å²) in [5, 5.41) is 0. The average molecular weight is 299 g/mol. The molecule has 1 aliphatic rings. The number of hydrogen-bond donors (Lipinski definition) is 0. The Morgan fingerprint density at radius 1 is 1.14 bits per heavy atom. The number of hydrogen-bond acceptors (Lipinski definition) is 0. The number of allylic oxidation sites excluding steroid dienone is 4. The topological polar surface area (TPSA) is 0 Å². The molecule has 0 fully saturated rings. The second-order valence-electron chi connectivity index (χ2n) is 1.35. The summed E-state index contributed by atoms with van der Waals surface area (Å²) in [6, 6.07) is 0. The van der Waals surface area contributed by atoms with Gasteiger partial charge in [0.25, 0.3) is 0 Å². The molecule has 0 bridgehead atoms. The molecule has 0 heterocycles. The van der Waals surface area contributed by atoms with Gasteiger partial charge in [0, 0.05) is 23.9 Å². The van der Waals surface area contributed by atoms with Crippen molar-refractivity contribution in [3.63, 3.8) is 0 Å². The maximum atomic E-state index is 2.22. The third-order valence-corrected chi connectivity index (χ3v) is 2.05. The fraction of sp³-hybridized carbons (Fsp3) is 0.200. The van der Waals surface area contributed by atoms with Crippen molar-refractivity contribution in [2.75, 3.05) is 0 Å². The largest absolute Gasteiger partial charge is 0 e. The van der Waals surface area contributed by atoms with Crippen LogP contribution in [0.5, 0.6) is 0 Å². The first-order valence-electron chi connectivity index (χ1n) is 2.00. The van der Waals surface area contributed by atoms with Crippen molar-refractivity contribution >= 4 is 48.3 Å². The van der Waals surface area contributed by atoms with E-state index in [-0.39, 0.29) is 23.9 Å². The summed E-state index contributed by atoms with van der Waals surface area (Å²) in [4.78, 5) is 0. The number of rotatable bonds is 0. The molecule has 2 heteroatoms. The summed E-state index contributed by atoms with van der Waals surface area (Å²) in [5.41, 5.74) is 0. The van der Waals surface area contributed by atoms with Crippen molar-refractivity contribution in [1.29, 1.82) is 0 Å². The molecule has 0 aromatic rings. The van der Waals surface area contributed by atoms with Gasteiger partial charge in [0.05, 0.1) is 0 Å². The van der Waals surface area contributed by atoms with E-state index in [1.807, 2.05) is 0 Å². The summed E-state index contributed by atoms with van der Waals surface area (Å²) in [6.45, 7) is 0. The molecular formula is C5H5InSn. The first-order chi connectivity index (χ1) is 2.89. The molecular weight excluding hydrogens is 294 g/mol. The standard InChI is InChI=1S/C5H5.In.Sn/c1-2-4-5-3-1;;/h1-5H;;. The van der Waals surface area contributed by atoms with Gasteiger partial charge < -0.3 is 0 Å². The molecule has 1 aliphatic carbocycles. The monoisotopic (exact) mass is 300 g/mol. The van der Waals surface area contributed by atoms with Crippen LogP contribution in [0.2, 0.25) is 3.67 Å². The van der Waals surface area contributed by atoms with Gasteiger partial charge in [0.15, 0.2) is 0 Å². The van der Waals surface area contributed by atoms with Crippen LogP contribution in [0.25, 0.3) is 0 Å². The Kier molecular flexibility index (Phi) is 4.74. The molecule has 0 unspecified atom stereocenters. The normalized spacial score (nSPS) is 17.1. The predicted octanol–water partition coefficient (Wildman–Crippen LogP) is 0.689. The Bertz CT molecular complexity index is 84.3. The van der Waals surface area contributed by atoms with E-state index >= 15 is 0 Å². The van der Waals surface area contributed by atoms with Gasteiger partial charge in [-0.05, 0) is 0 Å². The van der Waals surface area contributed by atoms with Gasteiger partial charge in [0.2, 0.25) is 0 Å². The van der Waals surface area contributed by atoms with Crippen LogP contribution in [-0.2, 0) is 0 Å². The third kappa shape index (κ3) is 2.85. The Balaban J connectivity index is 0.000000360. The first-order valence-corrected chi connectivity index (χ1v) is 3.90. The van der Waals surface area contributed by atoms with E-state index in [4.69, 9.17) is 0 Å². The van der Waals surface area contributed by atoms with E-state index in [1.54, 1.807) is 0 Å². The van der Waals surface area contributed by atoms with Gasteiger partial charge in [0.1, 0.15) is 0 Å². The van der Waals surface area contributed by atoms with E-state index in [9.17, 15) is 0 Å². The van der Waals surface area contributed by atoms with Gasteiger partial charge in [-0.25, -0.2) is 0 Å². The van der Waals surface area contributed by atoms with Crippen LogP contribution in [0.3, 0.4) is 0 Å². The van der Waals surface area contributed by atoms with E-state index < -0.39 is 0 Å². The van der Waals surface area contributed by atoms with Crippen LogP contribution in [0.4, 0.5) is 0 Å². The third-order valence-electron chi connectivity index (χ3n) is 0.778. The molecule has 0 saturated carbocycles. The van der Waals surface area contributed by atoms with Crippen LogP contribution >= 0.6 is 0 Å². The molecule has 0 saturated heterocycles. The van der Waals surface area contributed by atoms with Crippen LogP contribution in [0.1, 0.15) is 0 Å². The Hall–Kier alpha value is 1.15. The second-order valence-corrected chi connectivity index (χ2v) is 3.54. The van der Waals surface area contributed by atoms with Crippen molar-refractivity contribution in [1.82, 2.24) is 0 Å². The molecule has 1 rings (SSSR count). The Morgan fingerprint density at radius 3 is 1.71 bits per heavy atom. The minimum absolute atomic E-state index is 0. The fourth-order valence-corrected chi connectivity index (χ4v) is 1.18. The van der Waals surface area contributed by atoms with Crippen LogP contribution in [0.15, 0.2) is 24.3 Å². The molecule has 0 N–H and O–H groups in total. The molecule has 7 heavy (non-hydrogen) atoms. The van der Waals surface area contributed by atoms with Crippen molar-refractivity contribution in [3.05, 3.63) is 24.3 Å². The van der Waals surface area contributed by atoms with E-state index in [1.165, 1.54) is 24.4 Å². The molecule has 0 aromatic carbocycles. The average Bonchev–Trinajstić information content (AvgIpc) is 1.86. The van der Waals surface area contributed by atoms with Gasteiger partial charge in [-0.1, -0.05) is 0 Å². The molecule has 0 aromatic heterocycles. The second kappa shape index (κ2) is 4.07. The molecule has 0 nitrogen and oxygen atoms in total. The molecule has 0 aliphatic heterocycles. The molecule has 0 spiro atoms. The van der Waals surface area contributed by atoms with Crippen LogP contribution < -0.4 is 0 Å². The zero-order chi connectivity index (χ0) is 4.41. The molecule has 32 valence electrons. The zero-order valence-electron chi connectivity index (χ0n) is 3.96. The minimum atomic E-state index is 0. The summed E-state index contributed by atoms with van der Waals surface area (Å²) < 4.78 is 0.815. The van der Waals surface area contributed by atoms with Gasteiger partial charge in [-0.2, -0.15) is 0 Å². The molecule has 0 amide bonds. The van der Waals surface area contributed by atoms with E-state index in [0.717, 1.165) is 3.67 Å². The van der Waals surface area contributed by atoms with Crippen molar-refractivity contribution in [3.8, 4) is 0 Å². The van der Waals surface area contributed by atoms with Gasteiger partial charge in [-0.15, -0.1) is 0 Å². The predicted molar refractivity (Wildman–Crippen MR) is 33.5 cm³/mol. The minimum Gasteiger partial charge on any atom is 0 e. The summed E-state index contributed by atoms with van der Waals surface area (Å²) in [6.07, 6.45) is 8.66. The van der Waals surface area contributed by atoms with Gasteiger partial charge in [-0.3, -0.25) is 0 Å². The molecule has 6 radical (unpaired) electrons. The summed E-state index contributed by atoms with van der Waals surface area (Å²) >= 11 is 1.34. The van der Waals surface area contributed by atoms with E-state index in [0.29, 0.717) is 0 Å². The smallest absolute Gasteiger partial charge is 0 e. The quantitative estimate of drug-likeness (QED) is 0.577. The maximum Gasteiger partial charge on any atom is 0 e. The SMILES string of the molecule is [In][CH]1C=CC=C1.[Sn]. The van der Waals surface area contributed by atoms with Crippen molar-refractivity contribution < 1.29 is 0 Å². The van der Waals surface area contributed by atoms with Crippen LogP contribution in [-0.4, -0.2) is 48.3 Å². The van der Waals surface area contributed by atoms with Crippen LogP contribution in [0, 0.1) is 0 Å². The zero-order valence-corrected chi connectivity index (χ0v) is 10.1. The van der Waals surface area contributed by atoms with Crippen molar-refractivity contribution in [2.24, 2.45) is 0 Å². The van der Waals surface area contributed by atoms with E-state index in [2.05, 4.69) is 24.3 Å². The summed E-state index contributed by atoms with van der Waals surface area (Å²) in [7, 11) is 0. The molecule has 0 atom stereocenters. The van der Waals surface area contributed by atoms with Gasteiger partial charge >= 0.3 is 52.4 Å².